The summed E-state index contributed by atoms with van der Waals surface area (Å²) >= 11 is 5.82. The summed E-state index contributed by atoms with van der Waals surface area (Å²) in [4.78, 5) is 11.8. The minimum absolute atomic E-state index is 0.0357. The molecule has 0 N–H and O–H groups in total. The van der Waals surface area contributed by atoms with Gasteiger partial charge >= 0.3 is 0 Å². The van der Waals surface area contributed by atoms with Gasteiger partial charge < -0.3 is 9.47 Å². The van der Waals surface area contributed by atoms with E-state index < -0.39 is 0 Å². The number of Topliss-reactive ketones (excluding diaryl/α,β-unsaturated/α-hetero) is 1. The zero-order valence-corrected chi connectivity index (χ0v) is 10.3. The highest BCUT2D eigenvalue weighted by Gasteiger charge is 2.16. The van der Waals surface area contributed by atoms with E-state index in [1.807, 2.05) is 0 Å². The Morgan fingerprint density at radius 3 is 3.12 bits per heavy atom. The fourth-order valence-corrected chi connectivity index (χ4v) is 1.97. The van der Waals surface area contributed by atoms with Crippen LogP contribution in [0.1, 0.15) is 16.8 Å². The van der Waals surface area contributed by atoms with Crippen molar-refractivity contribution in [1.29, 1.82) is 0 Å². The monoisotopic (exact) mass is 254 g/mol. The van der Waals surface area contributed by atoms with Gasteiger partial charge in [-0.15, -0.1) is 0 Å². The van der Waals surface area contributed by atoms with Crippen LogP contribution in [0.4, 0.5) is 0 Å². The van der Waals surface area contributed by atoms with Gasteiger partial charge in [-0.2, -0.15) is 0 Å². The van der Waals surface area contributed by atoms with E-state index in [2.05, 4.69) is 0 Å². The van der Waals surface area contributed by atoms with Crippen LogP contribution in [0, 0.1) is 5.92 Å². The van der Waals surface area contributed by atoms with Crippen molar-refractivity contribution in [2.24, 2.45) is 5.92 Å². The molecule has 1 unspecified atom stereocenters. The predicted octanol–water partition coefficient (Wildman–Crippen LogP) is 2.58. The van der Waals surface area contributed by atoms with Gasteiger partial charge in [0.25, 0.3) is 0 Å². The molecule has 0 bridgehead atoms. The van der Waals surface area contributed by atoms with Gasteiger partial charge in [0.05, 0.1) is 13.2 Å². The molecule has 2 rings (SSSR count). The third-order valence-corrected chi connectivity index (χ3v) is 2.99. The minimum atomic E-state index is -0.0357. The fourth-order valence-electron chi connectivity index (χ4n) is 1.78. The number of hydrogen-bond acceptors (Lipinski definition) is 3. The first-order chi connectivity index (χ1) is 8.25. The highest BCUT2D eigenvalue weighted by molar-refractivity contribution is 6.31. The summed E-state index contributed by atoms with van der Waals surface area (Å²) in [5.41, 5.74) is 0.597. The van der Waals surface area contributed by atoms with Crippen molar-refractivity contribution in [1.82, 2.24) is 0 Å². The first-order valence-corrected chi connectivity index (χ1v) is 6.08. The largest absolute Gasteiger partial charge is 0.381 e. The molecule has 0 aromatic heterocycles. The average molecular weight is 255 g/mol. The van der Waals surface area contributed by atoms with Gasteiger partial charge in [0, 0.05) is 23.1 Å². The lowest BCUT2D eigenvalue weighted by atomic mass is 10.1. The lowest BCUT2D eigenvalue weighted by molar-refractivity contribution is 0.0652. The van der Waals surface area contributed by atoms with Gasteiger partial charge in [-0.05, 0) is 18.6 Å². The third-order valence-electron chi connectivity index (χ3n) is 2.76. The Bertz CT molecular complexity index is 386. The zero-order valence-electron chi connectivity index (χ0n) is 9.52. The number of carbonyl (C=O) groups excluding carboxylic acids is 1. The zero-order chi connectivity index (χ0) is 12.1. The van der Waals surface area contributed by atoms with Crippen LogP contribution in [0.15, 0.2) is 24.3 Å². The molecule has 1 aromatic rings. The molecule has 3 nitrogen and oxygen atoms in total. The van der Waals surface area contributed by atoms with E-state index in [4.69, 9.17) is 21.1 Å². The van der Waals surface area contributed by atoms with Crippen molar-refractivity contribution in [3.8, 4) is 0 Å². The normalized spacial score (nSPS) is 19.5. The summed E-state index contributed by atoms with van der Waals surface area (Å²) in [6, 6.07) is 6.91. The molecule has 1 atom stereocenters. The summed E-state index contributed by atoms with van der Waals surface area (Å²) < 4.78 is 10.6. The summed E-state index contributed by atoms with van der Waals surface area (Å²) in [6.45, 7) is 2.24. The van der Waals surface area contributed by atoms with Crippen LogP contribution in [0.25, 0.3) is 0 Å². The van der Waals surface area contributed by atoms with E-state index in [0.717, 1.165) is 19.6 Å². The number of hydrogen-bond donors (Lipinski definition) is 0. The van der Waals surface area contributed by atoms with Gasteiger partial charge in [0.1, 0.15) is 6.61 Å². The van der Waals surface area contributed by atoms with Gasteiger partial charge in [0.15, 0.2) is 5.78 Å². The second-order valence-corrected chi connectivity index (χ2v) is 4.61. The lowest BCUT2D eigenvalue weighted by Gasteiger charge is -2.08. The molecule has 0 saturated carbocycles. The molecule has 0 spiro atoms. The predicted molar refractivity (Wildman–Crippen MR) is 65.5 cm³/mol. The molecule has 1 heterocycles. The number of ketones is 1. The Balaban J connectivity index is 1.77. The summed E-state index contributed by atoms with van der Waals surface area (Å²) in [5.74, 6) is 0.397. The van der Waals surface area contributed by atoms with Crippen molar-refractivity contribution in [3.05, 3.63) is 34.9 Å². The van der Waals surface area contributed by atoms with Crippen molar-refractivity contribution in [3.63, 3.8) is 0 Å². The van der Waals surface area contributed by atoms with Crippen LogP contribution >= 0.6 is 11.6 Å². The fraction of sp³-hybridized carbons (Fsp3) is 0.462. The third kappa shape index (κ3) is 3.80. The Labute approximate surface area is 106 Å². The minimum Gasteiger partial charge on any atom is -0.381 e. The second-order valence-electron chi connectivity index (χ2n) is 4.18. The maximum Gasteiger partial charge on any atom is 0.188 e. The van der Waals surface area contributed by atoms with Crippen LogP contribution in [-0.4, -0.2) is 32.2 Å². The highest BCUT2D eigenvalue weighted by atomic mass is 35.5. The van der Waals surface area contributed by atoms with Crippen molar-refractivity contribution in [2.45, 2.75) is 6.42 Å². The summed E-state index contributed by atoms with van der Waals surface area (Å²) in [7, 11) is 0. The quantitative estimate of drug-likeness (QED) is 0.758. The average Bonchev–Trinajstić information content (AvgIpc) is 2.82. The number of rotatable bonds is 5. The van der Waals surface area contributed by atoms with Crippen LogP contribution in [0.5, 0.6) is 0 Å². The van der Waals surface area contributed by atoms with Gasteiger partial charge in [-0.1, -0.05) is 23.7 Å². The first kappa shape index (κ1) is 12.6. The van der Waals surface area contributed by atoms with E-state index in [0.29, 0.717) is 23.1 Å². The molecule has 1 aromatic carbocycles. The van der Waals surface area contributed by atoms with E-state index in [9.17, 15) is 4.79 Å². The number of ether oxygens (including phenoxy) is 2. The van der Waals surface area contributed by atoms with Crippen LogP contribution in [-0.2, 0) is 9.47 Å². The highest BCUT2D eigenvalue weighted by Crippen LogP contribution is 2.14. The molecule has 0 aliphatic carbocycles. The van der Waals surface area contributed by atoms with Crippen molar-refractivity contribution >= 4 is 17.4 Å². The number of benzene rings is 1. The topological polar surface area (TPSA) is 35.5 Å². The van der Waals surface area contributed by atoms with Crippen LogP contribution in [0.3, 0.4) is 0 Å². The Morgan fingerprint density at radius 1 is 1.53 bits per heavy atom. The SMILES string of the molecule is O=C(COCC1CCOC1)c1cccc(Cl)c1. The molecular formula is C13H15ClO3. The maximum absolute atomic E-state index is 11.8. The standard InChI is InChI=1S/C13H15ClO3/c14-12-3-1-2-11(6-12)13(15)9-17-8-10-4-5-16-7-10/h1-3,6,10H,4-5,7-9H2. The Hall–Kier alpha value is -0.900. The molecule has 92 valence electrons. The van der Waals surface area contributed by atoms with Crippen LogP contribution in [0.2, 0.25) is 5.02 Å². The lowest BCUT2D eigenvalue weighted by Crippen LogP contribution is -2.15. The maximum atomic E-state index is 11.8. The molecule has 0 radical (unpaired) electrons. The molecule has 1 aliphatic rings. The van der Waals surface area contributed by atoms with Gasteiger partial charge in [-0.3, -0.25) is 4.79 Å². The van der Waals surface area contributed by atoms with Crippen molar-refractivity contribution < 1.29 is 14.3 Å². The summed E-state index contributed by atoms with van der Waals surface area (Å²) in [5, 5.41) is 0.569. The van der Waals surface area contributed by atoms with E-state index in [-0.39, 0.29) is 12.4 Å². The molecule has 4 heteroatoms. The number of halogens is 1. The molecule has 1 fully saturated rings. The van der Waals surface area contributed by atoms with Gasteiger partial charge in [-0.25, -0.2) is 0 Å². The molecule has 1 aliphatic heterocycles. The Morgan fingerprint density at radius 2 is 2.41 bits per heavy atom. The van der Waals surface area contributed by atoms with E-state index in [1.54, 1.807) is 24.3 Å². The first-order valence-electron chi connectivity index (χ1n) is 5.70. The Kier molecular flexibility index (Phi) is 4.54. The van der Waals surface area contributed by atoms with Gasteiger partial charge in [0.2, 0.25) is 0 Å². The molecule has 17 heavy (non-hydrogen) atoms. The molecule has 0 amide bonds. The van der Waals surface area contributed by atoms with Crippen LogP contribution < -0.4 is 0 Å². The second kappa shape index (κ2) is 6.15. The summed E-state index contributed by atoms with van der Waals surface area (Å²) in [6.07, 6.45) is 1.02. The van der Waals surface area contributed by atoms with E-state index in [1.165, 1.54) is 0 Å². The molecular weight excluding hydrogens is 240 g/mol. The number of carbonyl (C=O) groups is 1. The smallest absolute Gasteiger partial charge is 0.188 e. The molecule has 1 saturated heterocycles. The van der Waals surface area contributed by atoms with E-state index >= 15 is 0 Å². The van der Waals surface area contributed by atoms with Crippen molar-refractivity contribution in [2.75, 3.05) is 26.4 Å².